The van der Waals surface area contributed by atoms with Gasteiger partial charge in [0.15, 0.2) is 17.2 Å². The highest BCUT2D eigenvalue weighted by molar-refractivity contribution is 6.25. The molecule has 0 aromatic heterocycles. The second kappa shape index (κ2) is 17.2. The zero-order valence-electron chi connectivity index (χ0n) is 36.6. The van der Waals surface area contributed by atoms with Crippen molar-refractivity contribution in [3.63, 3.8) is 0 Å². The summed E-state index contributed by atoms with van der Waals surface area (Å²) in [6.45, 7) is 14.6. The van der Waals surface area contributed by atoms with Crippen LogP contribution in [0.4, 0.5) is 22.7 Å². The molecule has 0 radical (unpaired) electrons. The maximum atomic E-state index is 14.7. The molecule has 9 atom stereocenters. The number of aromatic hydroxyl groups is 2. The van der Waals surface area contributed by atoms with Gasteiger partial charge in [0, 0.05) is 86.0 Å². The normalized spacial score (nSPS) is 30.8. The second-order valence-electron chi connectivity index (χ2n) is 17.2. The van der Waals surface area contributed by atoms with Crippen molar-refractivity contribution >= 4 is 51.2 Å². The monoisotopic (exact) mass is 855 g/mol. The number of Topliss-reactive ketones (excluding diaryl/α,β-unsaturated/α-hetero) is 1. The van der Waals surface area contributed by atoms with Crippen LogP contribution >= 0.6 is 0 Å². The number of aliphatic hydroxyl groups is 2. The number of allylic oxidation sites excluding steroid dienone is 2. The first-order valence-electron chi connectivity index (χ1n) is 21.1. The van der Waals surface area contributed by atoms with E-state index < -0.39 is 83.0 Å². The molecule has 3 aromatic carbocycles. The lowest BCUT2D eigenvalue weighted by Crippen LogP contribution is -2.46. The Bertz CT molecular complexity index is 2390. The first kappa shape index (κ1) is 44.3. The Balaban J connectivity index is 1.39. The molecule has 4 heterocycles. The molecular formula is C47H57N3O12. The van der Waals surface area contributed by atoms with E-state index in [1.54, 1.807) is 52.8 Å². The van der Waals surface area contributed by atoms with Gasteiger partial charge in [-0.15, -0.1) is 0 Å². The van der Waals surface area contributed by atoms with Gasteiger partial charge in [0.2, 0.25) is 0 Å². The summed E-state index contributed by atoms with van der Waals surface area (Å²) >= 11 is 0. The molecule has 7 rings (SSSR count). The van der Waals surface area contributed by atoms with E-state index in [2.05, 4.69) is 15.5 Å². The highest BCUT2D eigenvalue weighted by Crippen LogP contribution is 2.60. The molecule has 3 aromatic rings. The third kappa shape index (κ3) is 7.81. The third-order valence-electron chi connectivity index (χ3n) is 12.9. The number of anilines is 4. The summed E-state index contributed by atoms with van der Waals surface area (Å²) in [6, 6.07) is 5.69. The smallest absolute Gasteiger partial charge is 0.312 e. The zero-order chi connectivity index (χ0) is 44.9. The fourth-order valence-corrected chi connectivity index (χ4v) is 9.05. The third-order valence-corrected chi connectivity index (χ3v) is 12.9. The zero-order valence-corrected chi connectivity index (χ0v) is 36.6. The molecule has 0 unspecified atom stereocenters. The van der Waals surface area contributed by atoms with Crippen molar-refractivity contribution in [3.05, 3.63) is 65.5 Å². The number of ether oxygens (including phenoxy) is 5. The number of phenolic OH excluding ortho intramolecular Hbond substituents is 2. The van der Waals surface area contributed by atoms with Gasteiger partial charge in [0.25, 0.3) is 11.7 Å². The molecule has 0 spiro atoms. The Labute approximate surface area is 360 Å². The lowest BCUT2D eigenvalue weighted by atomic mass is 9.78. The Kier molecular flexibility index (Phi) is 12.3. The number of carbonyl (C=O) groups excluding carboxylic acids is 3. The Morgan fingerprint density at radius 1 is 0.903 bits per heavy atom. The number of nitrogens with zero attached hydrogens (tertiary/aromatic N) is 1. The molecule has 1 fully saturated rings. The minimum Gasteiger partial charge on any atom is -0.507 e. The number of esters is 1. The topological polar surface area (TPSA) is 206 Å². The minimum atomic E-state index is -1.98. The molecular weight excluding hydrogens is 799 g/mol. The number of rotatable bonds is 3. The molecule has 0 aliphatic carbocycles. The number of methoxy groups -OCH3 is 1. The molecule has 6 N–H and O–H groups in total. The average Bonchev–Trinajstić information content (AvgIpc) is 3.88. The number of fused-ring (bicyclic) bond motifs is 2. The summed E-state index contributed by atoms with van der Waals surface area (Å²) in [5.74, 6) is -6.75. The quantitative estimate of drug-likeness (QED) is 0.0671. The summed E-state index contributed by atoms with van der Waals surface area (Å²) in [6.07, 6.45) is 5.96. The highest BCUT2D eigenvalue weighted by atomic mass is 16.7. The number of hydrogen-bond acceptors (Lipinski definition) is 14. The highest BCUT2D eigenvalue weighted by Gasteiger charge is 2.50. The van der Waals surface area contributed by atoms with Gasteiger partial charge >= 0.3 is 11.8 Å². The number of amides is 1. The van der Waals surface area contributed by atoms with E-state index in [4.69, 9.17) is 23.7 Å². The maximum Gasteiger partial charge on any atom is 0.312 e. The van der Waals surface area contributed by atoms with Crippen LogP contribution in [0.1, 0.15) is 77.2 Å². The van der Waals surface area contributed by atoms with Gasteiger partial charge in [0.05, 0.1) is 46.9 Å². The Hall–Kier alpha value is -5.77. The number of ketones is 1. The largest absolute Gasteiger partial charge is 0.507 e. The van der Waals surface area contributed by atoms with Crippen molar-refractivity contribution in [3.8, 4) is 28.7 Å². The predicted molar refractivity (Wildman–Crippen MR) is 233 cm³/mol. The molecule has 15 heteroatoms. The summed E-state index contributed by atoms with van der Waals surface area (Å²) in [5.41, 5.74) is 1.87. The summed E-state index contributed by atoms with van der Waals surface area (Å²) in [5, 5.41) is 53.1. The van der Waals surface area contributed by atoms with Crippen LogP contribution < -0.4 is 25.0 Å². The first-order chi connectivity index (χ1) is 29.4. The number of hydrogen-bond donors (Lipinski definition) is 6. The fourth-order valence-electron chi connectivity index (χ4n) is 9.05. The van der Waals surface area contributed by atoms with Gasteiger partial charge < -0.3 is 59.6 Å². The van der Waals surface area contributed by atoms with E-state index in [-0.39, 0.29) is 50.3 Å². The molecule has 0 saturated carbocycles. The van der Waals surface area contributed by atoms with Crippen molar-refractivity contribution in [2.45, 2.75) is 98.4 Å². The second-order valence-corrected chi connectivity index (χ2v) is 17.2. The minimum absolute atomic E-state index is 0.000597. The van der Waals surface area contributed by atoms with Crippen LogP contribution in [-0.2, 0) is 23.8 Å². The standard InChI is InChI=1S/C47H57N3O12/c1-22-13-12-14-23(2)46(57)49-37-41(55)34-33(36-44(37)61-32-21-29(15-16-30(32)48-36)50-18-10-11-19-50)35-43(27(6)40(34)54)62-47(8,45(35)56)59-20-17-31(58-9)24(3)42(60-28(7)51)26(5)39(53)25(4)38(22)52/h12-17,20-22,24-26,31,38-39,42,48,52-55H,10-11,18-19H2,1-9H3,(H,49,57)/b13-12+,20-17+,23-14-/t22-,24+,25+,26+,31-,38-,39+,42+,47-/m0/s1. The van der Waals surface area contributed by atoms with Crippen molar-refractivity contribution in [1.82, 2.24) is 0 Å². The summed E-state index contributed by atoms with van der Waals surface area (Å²) < 4.78 is 30.5. The van der Waals surface area contributed by atoms with Crippen molar-refractivity contribution < 1.29 is 58.5 Å². The van der Waals surface area contributed by atoms with E-state index >= 15 is 0 Å². The van der Waals surface area contributed by atoms with Crippen LogP contribution in [0.15, 0.2) is 54.3 Å². The molecule has 4 bridgehead atoms. The molecule has 1 saturated heterocycles. The van der Waals surface area contributed by atoms with Crippen LogP contribution in [0, 0.1) is 30.6 Å². The average molecular weight is 856 g/mol. The lowest BCUT2D eigenvalue weighted by molar-refractivity contribution is -0.160. The lowest BCUT2D eigenvalue weighted by Gasteiger charge is -2.38. The number of nitrogens with one attached hydrogen (secondary N) is 2. The van der Waals surface area contributed by atoms with Gasteiger partial charge in [-0.2, -0.15) is 0 Å². The van der Waals surface area contributed by atoms with Crippen LogP contribution in [0.25, 0.3) is 10.8 Å². The molecule has 15 nitrogen and oxygen atoms in total. The van der Waals surface area contributed by atoms with E-state index in [0.29, 0.717) is 11.4 Å². The van der Waals surface area contributed by atoms with Crippen LogP contribution in [0.5, 0.6) is 28.7 Å². The van der Waals surface area contributed by atoms with Crippen LogP contribution in [-0.4, -0.2) is 88.5 Å². The van der Waals surface area contributed by atoms with E-state index in [9.17, 15) is 34.8 Å². The van der Waals surface area contributed by atoms with Crippen LogP contribution in [0.3, 0.4) is 0 Å². The molecule has 332 valence electrons. The number of phenols is 2. The van der Waals surface area contributed by atoms with Crippen molar-refractivity contribution in [2.75, 3.05) is 35.7 Å². The van der Waals surface area contributed by atoms with Crippen molar-refractivity contribution in [1.29, 1.82) is 0 Å². The molecule has 1 amide bonds. The van der Waals surface area contributed by atoms with Gasteiger partial charge in [-0.3, -0.25) is 14.4 Å². The molecule has 62 heavy (non-hydrogen) atoms. The van der Waals surface area contributed by atoms with Gasteiger partial charge in [-0.25, -0.2) is 0 Å². The van der Waals surface area contributed by atoms with Gasteiger partial charge in [-0.05, 0) is 44.9 Å². The molecule has 4 aliphatic heterocycles. The fraction of sp³-hybridized carbons (Fsp3) is 0.468. The van der Waals surface area contributed by atoms with Gasteiger partial charge in [-0.1, -0.05) is 45.9 Å². The summed E-state index contributed by atoms with van der Waals surface area (Å²) in [7, 11) is 1.46. The SMILES string of the molecule is CO[C@H]1/C=C/O[C@@]2(C)Oc3c(C)c(O)c4c(O)c(c5c(c4c3C2=O)Nc2ccc(N3CCCC3)cc2O5)NC(=O)/C(C)=C\C=C\[C@H](C)[C@H](O)[C@@H](C)[C@@H](O)[C@@H](C)[C@H](OC(C)=O)[C@@H]1C. The van der Waals surface area contributed by atoms with E-state index in [1.807, 2.05) is 18.2 Å². The maximum absolute atomic E-state index is 14.7. The summed E-state index contributed by atoms with van der Waals surface area (Å²) in [4.78, 5) is 43.3. The van der Waals surface area contributed by atoms with Crippen molar-refractivity contribution in [2.24, 2.45) is 23.7 Å². The number of benzene rings is 3. The predicted octanol–water partition coefficient (Wildman–Crippen LogP) is 7.50. The first-order valence-corrected chi connectivity index (χ1v) is 21.1. The van der Waals surface area contributed by atoms with E-state index in [0.717, 1.165) is 31.6 Å². The number of aliphatic hydroxyl groups excluding tert-OH is 2. The Morgan fingerprint density at radius 3 is 2.29 bits per heavy atom. The van der Waals surface area contributed by atoms with Gasteiger partial charge in [0.1, 0.15) is 23.3 Å². The number of carbonyl (C=O) groups is 3. The van der Waals surface area contributed by atoms with E-state index in [1.165, 1.54) is 40.2 Å². The van der Waals surface area contributed by atoms with Crippen LogP contribution in [0.2, 0.25) is 0 Å². The Morgan fingerprint density at radius 2 is 1.61 bits per heavy atom. The molecule has 4 aliphatic rings.